The van der Waals surface area contributed by atoms with Crippen LogP contribution in [0.1, 0.15) is 65.1 Å². The van der Waals surface area contributed by atoms with Crippen molar-refractivity contribution in [3.8, 4) is 0 Å². The van der Waals surface area contributed by atoms with Gasteiger partial charge in [-0.1, -0.05) is 71.6 Å². The van der Waals surface area contributed by atoms with Crippen LogP contribution >= 0.6 is 15.9 Å². The summed E-state index contributed by atoms with van der Waals surface area (Å²) in [4.78, 5) is 38.4. The first-order valence-corrected chi connectivity index (χ1v) is 14.0. The van der Waals surface area contributed by atoms with Gasteiger partial charge in [0.1, 0.15) is 0 Å². The number of carboxylic acid groups (broad SMARTS) is 1. The van der Waals surface area contributed by atoms with Gasteiger partial charge in [-0.3, -0.25) is 9.59 Å². The van der Waals surface area contributed by atoms with Crippen molar-refractivity contribution < 1.29 is 24.6 Å². The van der Waals surface area contributed by atoms with Crippen LogP contribution in [0.5, 0.6) is 0 Å². The number of benzene rings is 3. The quantitative estimate of drug-likeness (QED) is 0.290. The standard InChI is InChI=1S/C31H33BrN2O5/c32-26-8-4-5-22(17-26)18-29(36)34(27-15-13-24(14-16-27)23-6-2-1-3-7-23)20-21-9-11-25(12-10-21)30(37)33-19-28(35)31(38)39/h4-5,8-17,23,28,35H,1-3,6-7,18-20H2,(H,33,37)(H,38,39)/t28-/m1/s1. The molecule has 1 atom stereocenters. The first-order chi connectivity index (χ1) is 18.8. The molecule has 0 bridgehead atoms. The van der Waals surface area contributed by atoms with Gasteiger partial charge in [0.2, 0.25) is 5.91 Å². The average Bonchev–Trinajstić information content (AvgIpc) is 2.95. The number of anilines is 1. The van der Waals surface area contributed by atoms with Crippen LogP contribution in [0.25, 0.3) is 0 Å². The molecule has 8 heteroatoms. The SMILES string of the molecule is O=C(NC[C@@H](O)C(=O)O)c1ccc(CN(C(=O)Cc2cccc(Br)c2)c2ccc(C3CCCCC3)cc2)cc1. The Morgan fingerprint density at radius 3 is 2.26 bits per heavy atom. The van der Waals surface area contributed by atoms with Crippen molar-refractivity contribution >= 4 is 39.4 Å². The maximum absolute atomic E-state index is 13.6. The number of halogens is 1. The summed E-state index contributed by atoms with van der Waals surface area (Å²) in [7, 11) is 0. The molecule has 2 amide bonds. The number of nitrogens with one attached hydrogen (secondary N) is 1. The third kappa shape index (κ3) is 8.00. The molecule has 3 N–H and O–H groups in total. The van der Waals surface area contributed by atoms with Gasteiger partial charge in [0.05, 0.1) is 19.5 Å². The molecule has 0 aliphatic heterocycles. The van der Waals surface area contributed by atoms with E-state index in [0.29, 0.717) is 18.0 Å². The fourth-order valence-corrected chi connectivity index (χ4v) is 5.37. The summed E-state index contributed by atoms with van der Waals surface area (Å²) in [6.45, 7) is -0.0557. The van der Waals surface area contributed by atoms with Crippen molar-refractivity contribution in [1.82, 2.24) is 5.32 Å². The summed E-state index contributed by atoms with van der Waals surface area (Å²) < 4.78 is 0.918. The van der Waals surface area contributed by atoms with E-state index in [1.165, 1.54) is 37.7 Å². The summed E-state index contributed by atoms with van der Waals surface area (Å²) in [5.74, 6) is -1.34. The molecular formula is C31H33BrN2O5. The van der Waals surface area contributed by atoms with Gasteiger partial charge in [-0.2, -0.15) is 0 Å². The molecule has 0 unspecified atom stereocenters. The number of hydrogen-bond donors (Lipinski definition) is 3. The summed E-state index contributed by atoms with van der Waals surface area (Å²) in [6, 6.07) is 22.9. The number of aliphatic hydroxyl groups excluding tert-OH is 1. The molecule has 4 rings (SSSR count). The van der Waals surface area contributed by atoms with Crippen LogP contribution < -0.4 is 10.2 Å². The number of carbonyl (C=O) groups excluding carboxylic acids is 2. The number of hydrogen-bond acceptors (Lipinski definition) is 4. The van der Waals surface area contributed by atoms with E-state index in [1.54, 1.807) is 29.2 Å². The minimum atomic E-state index is -1.66. The Labute approximate surface area is 237 Å². The van der Waals surface area contributed by atoms with Crippen molar-refractivity contribution in [3.63, 3.8) is 0 Å². The first kappa shape index (κ1) is 28.5. The van der Waals surface area contributed by atoms with Crippen LogP contribution in [0.3, 0.4) is 0 Å². The average molecular weight is 594 g/mol. The van der Waals surface area contributed by atoms with E-state index >= 15 is 0 Å². The Balaban J connectivity index is 1.51. The van der Waals surface area contributed by atoms with Crippen LogP contribution in [-0.2, 0) is 22.6 Å². The van der Waals surface area contributed by atoms with Gasteiger partial charge in [-0.25, -0.2) is 4.79 Å². The molecule has 1 saturated carbocycles. The molecule has 39 heavy (non-hydrogen) atoms. The van der Waals surface area contributed by atoms with Gasteiger partial charge < -0.3 is 20.4 Å². The number of nitrogens with zero attached hydrogens (tertiary/aromatic N) is 1. The van der Waals surface area contributed by atoms with E-state index < -0.39 is 18.0 Å². The van der Waals surface area contributed by atoms with Gasteiger partial charge in [-0.15, -0.1) is 0 Å². The number of carbonyl (C=O) groups is 3. The monoisotopic (exact) mass is 592 g/mol. The highest BCUT2D eigenvalue weighted by Crippen LogP contribution is 2.33. The fraction of sp³-hybridized carbons (Fsp3) is 0.323. The van der Waals surface area contributed by atoms with Crippen molar-refractivity contribution in [1.29, 1.82) is 0 Å². The zero-order valence-corrected chi connectivity index (χ0v) is 23.3. The second-order valence-corrected chi connectivity index (χ2v) is 10.9. The van der Waals surface area contributed by atoms with Gasteiger partial charge in [0.25, 0.3) is 5.91 Å². The van der Waals surface area contributed by atoms with Crippen molar-refractivity contribution in [2.75, 3.05) is 11.4 Å². The molecule has 1 aliphatic rings. The van der Waals surface area contributed by atoms with Crippen LogP contribution in [-0.4, -0.2) is 40.6 Å². The van der Waals surface area contributed by atoms with E-state index in [4.69, 9.17) is 5.11 Å². The maximum Gasteiger partial charge on any atom is 0.334 e. The summed E-state index contributed by atoms with van der Waals surface area (Å²) >= 11 is 3.48. The Kier molecular flexibility index (Phi) is 9.90. The second kappa shape index (κ2) is 13.5. The van der Waals surface area contributed by atoms with Crippen molar-refractivity contribution in [3.05, 3.63) is 99.5 Å². The molecule has 3 aromatic carbocycles. The number of rotatable bonds is 10. The molecule has 204 valence electrons. The van der Waals surface area contributed by atoms with E-state index in [0.717, 1.165) is 21.3 Å². The molecule has 0 heterocycles. The van der Waals surface area contributed by atoms with E-state index in [9.17, 15) is 19.5 Å². The van der Waals surface area contributed by atoms with Crippen LogP contribution in [0.15, 0.2) is 77.3 Å². The predicted octanol–water partition coefficient (Wildman–Crippen LogP) is 5.45. The lowest BCUT2D eigenvalue weighted by Crippen LogP contribution is -2.36. The minimum Gasteiger partial charge on any atom is -0.479 e. The predicted molar refractivity (Wildman–Crippen MR) is 154 cm³/mol. The third-order valence-corrected chi connectivity index (χ3v) is 7.62. The largest absolute Gasteiger partial charge is 0.479 e. The lowest BCUT2D eigenvalue weighted by atomic mass is 9.84. The highest BCUT2D eigenvalue weighted by molar-refractivity contribution is 9.10. The molecule has 0 aromatic heterocycles. The summed E-state index contributed by atoms with van der Waals surface area (Å²) in [6.07, 6.45) is 4.82. The van der Waals surface area contributed by atoms with Gasteiger partial charge >= 0.3 is 5.97 Å². The Morgan fingerprint density at radius 2 is 1.62 bits per heavy atom. The topological polar surface area (TPSA) is 107 Å². The van der Waals surface area contributed by atoms with Crippen LogP contribution in [0.4, 0.5) is 5.69 Å². The zero-order valence-electron chi connectivity index (χ0n) is 21.7. The van der Waals surface area contributed by atoms with Crippen LogP contribution in [0.2, 0.25) is 0 Å². The smallest absolute Gasteiger partial charge is 0.334 e. The normalized spacial score (nSPS) is 14.4. The number of carboxylic acids is 1. The molecule has 1 fully saturated rings. The second-order valence-electron chi connectivity index (χ2n) is 9.97. The third-order valence-electron chi connectivity index (χ3n) is 7.12. The summed E-state index contributed by atoms with van der Waals surface area (Å²) in [5, 5.41) is 20.6. The van der Waals surface area contributed by atoms with Crippen molar-refractivity contribution in [2.45, 2.75) is 57.1 Å². The van der Waals surface area contributed by atoms with Gasteiger partial charge in [0.15, 0.2) is 6.10 Å². The minimum absolute atomic E-state index is 0.0389. The molecule has 7 nitrogen and oxygen atoms in total. The highest BCUT2D eigenvalue weighted by atomic mass is 79.9. The molecule has 0 spiro atoms. The van der Waals surface area contributed by atoms with Crippen LogP contribution in [0, 0.1) is 0 Å². The lowest BCUT2D eigenvalue weighted by Gasteiger charge is -2.26. The fourth-order valence-electron chi connectivity index (χ4n) is 4.93. The molecule has 1 aliphatic carbocycles. The Morgan fingerprint density at radius 1 is 0.923 bits per heavy atom. The van der Waals surface area contributed by atoms with Gasteiger partial charge in [0, 0.05) is 15.7 Å². The molecule has 3 aromatic rings. The number of amides is 2. The van der Waals surface area contributed by atoms with Crippen molar-refractivity contribution in [2.24, 2.45) is 0 Å². The number of aliphatic hydroxyl groups is 1. The molecule has 0 radical (unpaired) electrons. The highest BCUT2D eigenvalue weighted by Gasteiger charge is 2.20. The van der Waals surface area contributed by atoms with Gasteiger partial charge in [-0.05, 0) is 71.8 Å². The summed E-state index contributed by atoms with van der Waals surface area (Å²) in [5.41, 5.74) is 4.23. The van der Waals surface area contributed by atoms with E-state index in [1.807, 2.05) is 36.4 Å². The molecular weight excluding hydrogens is 560 g/mol. The maximum atomic E-state index is 13.6. The van der Waals surface area contributed by atoms with E-state index in [-0.39, 0.29) is 18.9 Å². The Bertz CT molecular complexity index is 1290. The van der Waals surface area contributed by atoms with E-state index in [2.05, 4.69) is 33.4 Å². The Hall–Kier alpha value is -3.49. The lowest BCUT2D eigenvalue weighted by molar-refractivity contribution is -0.146. The zero-order chi connectivity index (χ0) is 27.8. The molecule has 0 saturated heterocycles. The first-order valence-electron chi connectivity index (χ1n) is 13.2. The number of aliphatic carboxylic acids is 1.